The number of hydrogen-bond donors (Lipinski definition) is 1. The Morgan fingerprint density at radius 2 is 2.00 bits per heavy atom. The van der Waals surface area contributed by atoms with Gasteiger partial charge in [0.2, 0.25) is 0 Å². The predicted molar refractivity (Wildman–Crippen MR) is 67.3 cm³/mol. The monoisotopic (exact) mass is 235 g/mol. The van der Waals surface area contributed by atoms with Crippen molar-refractivity contribution in [2.75, 3.05) is 26.8 Å². The van der Waals surface area contributed by atoms with Crippen LogP contribution in [0.3, 0.4) is 0 Å². The van der Waals surface area contributed by atoms with E-state index in [4.69, 9.17) is 4.74 Å². The lowest BCUT2D eigenvalue weighted by Crippen LogP contribution is -2.15. The number of hydrogen-bond acceptors (Lipinski definition) is 4. The Balaban J connectivity index is 2.21. The minimum Gasteiger partial charge on any atom is -0.381 e. The molecule has 1 N–H and O–H groups in total. The number of aryl methyl sites for hydroxylation is 2. The fourth-order valence-electron chi connectivity index (χ4n) is 2.30. The second-order valence-electron chi connectivity index (χ2n) is 4.65. The van der Waals surface area contributed by atoms with E-state index in [1.807, 2.05) is 7.05 Å². The first-order valence-electron chi connectivity index (χ1n) is 6.28. The van der Waals surface area contributed by atoms with Crippen molar-refractivity contribution in [2.45, 2.75) is 32.6 Å². The number of ether oxygens (including phenoxy) is 1. The van der Waals surface area contributed by atoms with Crippen LogP contribution in [0.15, 0.2) is 0 Å². The first kappa shape index (κ1) is 12.5. The summed E-state index contributed by atoms with van der Waals surface area (Å²) in [6, 6.07) is 0. The van der Waals surface area contributed by atoms with E-state index in [9.17, 15) is 0 Å². The van der Waals surface area contributed by atoms with Gasteiger partial charge < -0.3 is 10.1 Å². The molecular weight excluding hydrogens is 214 g/mol. The molecule has 2 heterocycles. The molecule has 1 atom stereocenters. The highest BCUT2D eigenvalue weighted by molar-refractivity contribution is 5.25. The van der Waals surface area contributed by atoms with Crippen LogP contribution in [0.2, 0.25) is 0 Å². The van der Waals surface area contributed by atoms with Gasteiger partial charge in [0.25, 0.3) is 0 Å². The van der Waals surface area contributed by atoms with Gasteiger partial charge in [-0.15, -0.1) is 0 Å². The van der Waals surface area contributed by atoms with Crippen molar-refractivity contribution in [3.8, 4) is 0 Å². The molecule has 1 unspecified atom stereocenters. The van der Waals surface area contributed by atoms with Crippen molar-refractivity contribution in [3.05, 3.63) is 22.8 Å². The van der Waals surface area contributed by atoms with Gasteiger partial charge in [0, 0.05) is 23.9 Å². The molecule has 0 amide bonds. The summed E-state index contributed by atoms with van der Waals surface area (Å²) in [6.45, 7) is 6.75. The molecule has 17 heavy (non-hydrogen) atoms. The van der Waals surface area contributed by atoms with Gasteiger partial charge in [-0.2, -0.15) is 0 Å². The van der Waals surface area contributed by atoms with Crippen molar-refractivity contribution < 1.29 is 4.74 Å². The SMILES string of the molecule is CNCCc1c(C)nc(C2CCOC2)nc1C. The van der Waals surface area contributed by atoms with Crippen LogP contribution in [-0.2, 0) is 11.2 Å². The van der Waals surface area contributed by atoms with E-state index in [1.165, 1.54) is 5.56 Å². The highest BCUT2D eigenvalue weighted by Gasteiger charge is 2.21. The minimum absolute atomic E-state index is 0.394. The highest BCUT2D eigenvalue weighted by atomic mass is 16.5. The molecule has 0 aliphatic carbocycles. The molecule has 2 rings (SSSR count). The van der Waals surface area contributed by atoms with Crippen LogP contribution < -0.4 is 5.32 Å². The Hall–Kier alpha value is -1.00. The molecule has 1 aliphatic heterocycles. The fourth-order valence-corrected chi connectivity index (χ4v) is 2.30. The largest absolute Gasteiger partial charge is 0.381 e. The van der Waals surface area contributed by atoms with Crippen LogP contribution >= 0.6 is 0 Å². The molecule has 0 bridgehead atoms. The molecule has 1 aliphatic rings. The topological polar surface area (TPSA) is 47.0 Å². The van der Waals surface area contributed by atoms with E-state index in [0.717, 1.165) is 49.8 Å². The van der Waals surface area contributed by atoms with Gasteiger partial charge in [-0.25, -0.2) is 9.97 Å². The van der Waals surface area contributed by atoms with E-state index < -0.39 is 0 Å². The molecule has 4 heteroatoms. The van der Waals surface area contributed by atoms with E-state index >= 15 is 0 Å². The van der Waals surface area contributed by atoms with Crippen molar-refractivity contribution in [1.82, 2.24) is 15.3 Å². The Morgan fingerprint density at radius 1 is 1.29 bits per heavy atom. The molecule has 1 saturated heterocycles. The first-order valence-corrected chi connectivity index (χ1v) is 6.28. The van der Waals surface area contributed by atoms with Gasteiger partial charge >= 0.3 is 0 Å². The van der Waals surface area contributed by atoms with Crippen LogP contribution in [0.5, 0.6) is 0 Å². The smallest absolute Gasteiger partial charge is 0.134 e. The average molecular weight is 235 g/mol. The maximum Gasteiger partial charge on any atom is 0.134 e. The normalized spacial score (nSPS) is 19.8. The third kappa shape index (κ3) is 2.82. The molecular formula is C13H21N3O. The number of nitrogens with zero attached hydrogens (tertiary/aromatic N) is 2. The number of aromatic nitrogens is 2. The van der Waals surface area contributed by atoms with Crippen LogP contribution in [-0.4, -0.2) is 36.8 Å². The molecule has 1 aromatic heterocycles. The summed E-state index contributed by atoms with van der Waals surface area (Å²) in [7, 11) is 1.97. The zero-order valence-corrected chi connectivity index (χ0v) is 10.9. The van der Waals surface area contributed by atoms with Gasteiger partial charge in [0.15, 0.2) is 0 Å². The lowest BCUT2D eigenvalue weighted by Gasteiger charge is -2.13. The second-order valence-corrected chi connectivity index (χ2v) is 4.65. The van der Waals surface area contributed by atoms with Gasteiger partial charge in [0.05, 0.1) is 6.61 Å². The van der Waals surface area contributed by atoms with E-state index in [-0.39, 0.29) is 0 Å². The predicted octanol–water partition coefficient (Wildman–Crippen LogP) is 1.36. The zero-order chi connectivity index (χ0) is 12.3. The van der Waals surface area contributed by atoms with Crippen molar-refractivity contribution in [1.29, 1.82) is 0 Å². The van der Waals surface area contributed by atoms with Gasteiger partial charge in [-0.3, -0.25) is 0 Å². The first-order chi connectivity index (χ1) is 8.22. The van der Waals surface area contributed by atoms with Crippen molar-refractivity contribution in [2.24, 2.45) is 0 Å². The Kier molecular flexibility index (Phi) is 4.07. The van der Waals surface area contributed by atoms with Gasteiger partial charge in [-0.1, -0.05) is 0 Å². The maximum absolute atomic E-state index is 5.40. The summed E-state index contributed by atoms with van der Waals surface area (Å²) in [6.07, 6.45) is 2.05. The summed E-state index contributed by atoms with van der Waals surface area (Å²) in [5.41, 5.74) is 3.52. The summed E-state index contributed by atoms with van der Waals surface area (Å²) in [5, 5.41) is 3.16. The summed E-state index contributed by atoms with van der Waals surface area (Å²) in [5.74, 6) is 1.36. The maximum atomic E-state index is 5.40. The Labute approximate surface area is 103 Å². The lowest BCUT2D eigenvalue weighted by atomic mass is 10.1. The Morgan fingerprint density at radius 3 is 2.53 bits per heavy atom. The molecule has 0 radical (unpaired) electrons. The number of nitrogens with one attached hydrogen (secondary N) is 1. The van der Waals surface area contributed by atoms with Gasteiger partial charge in [-0.05, 0) is 45.8 Å². The molecule has 1 fully saturated rings. The van der Waals surface area contributed by atoms with E-state index in [2.05, 4.69) is 29.1 Å². The summed E-state index contributed by atoms with van der Waals surface area (Å²) < 4.78 is 5.40. The van der Waals surface area contributed by atoms with Crippen molar-refractivity contribution >= 4 is 0 Å². The quantitative estimate of drug-likeness (QED) is 0.856. The number of rotatable bonds is 4. The molecule has 0 spiro atoms. The zero-order valence-electron chi connectivity index (χ0n) is 10.9. The Bertz CT molecular complexity index is 363. The third-order valence-corrected chi connectivity index (χ3v) is 3.36. The molecule has 0 aromatic carbocycles. The average Bonchev–Trinajstić information content (AvgIpc) is 2.81. The second kappa shape index (κ2) is 5.56. The lowest BCUT2D eigenvalue weighted by molar-refractivity contribution is 0.193. The van der Waals surface area contributed by atoms with Crippen LogP contribution in [0.1, 0.15) is 35.1 Å². The third-order valence-electron chi connectivity index (χ3n) is 3.36. The fraction of sp³-hybridized carbons (Fsp3) is 0.692. The molecule has 0 saturated carbocycles. The minimum atomic E-state index is 0.394. The van der Waals surface area contributed by atoms with Crippen molar-refractivity contribution in [3.63, 3.8) is 0 Å². The molecule has 94 valence electrons. The van der Waals surface area contributed by atoms with E-state index in [1.54, 1.807) is 0 Å². The highest BCUT2D eigenvalue weighted by Crippen LogP contribution is 2.23. The van der Waals surface area contributed by atoms with Gasteiger partial charge in [0.1, 0.15) is 5.82 Å². The molecule has 1 aromatic rings. The summed E-state index contributed by atoms with van der Waals surface area (Å²) >= 11 is 0. The van der Waals surface area contributed by atoms with E-state index in [0.29, 0.717) is 5.92 Å². The summed E-state index contributed by atoms with van der Waals surface area (Å²) in [4.78, 5) is 9.30. The van der Waals surface area contributed by atoms with Crippen LogP contribution in [0.25, 0.3) is 0 Å². The molecule has 4 nitrogen and oxygen atoms in total. The van der Waals surface area contributed by atoms with Crippen LogP contribution in [0, 0.1) is 13.8 Å². The van der Waals surface area contributed by atoms with Crippen LogP contribution in [0.4, 0.5) is 0 Å². The standard InChI is InChI=1S/C13H21N3O/c1-9-12(4-6-14-3)10(2)16-13(15-9)11-5-7-17-8-11/h11,14H,4-8H2,1-3H3. The number of likely N-dealkylation sites (N-methyl/N-ethyl adjacent to an activating group) is 1.